The van der Waals surface area contributed by atoms with Gasteiger partial charge < -0.3 is 9.64 Å². The number of piperidine rings is 1. The smallest absolute Gasteiger partial charge is 0.406 e. The quantitative estimate of drug-likeness (QED) is 0.671. The summed E-state index contributed by atoms with van der Waals surface area (Å²) in [6, 6.07) is 4.17. The van der Waals surface area contributed by atoms with E-state index in [-0.39, 0.29) is 30.4 Å². The van der Waals surface area contributed by atoms with E-state index in [1.54, 1.807) is 0 Å². The molecule has 0 spiro atoms. The molecule has 1 aromatic carbocycles. The Hall–Kier alpha value is -1.85. The van der Waals surface area contributed by atoms with Crippen LogP contribution in [0.3, 0.4) is 0 Å². The van der Waals surface area contributed by atoms with E-state index in [9.17, 15) is 26.4 Å². The van der Waals surface area contributed by atoms with E-state index in [0.29, 0.717) is 24.9 Å². The van der Waals surface area contributed by atoms with E-state index in [1.807, 2.05) is 9.80 Å². The van der Waals surface area contributed by atoms with Crippen LogP contribution < -0.4 is 4.74 Å². The Balaban J connectivity index is 1.54. The molecule has 0 saturated carbocycles. The first-order valence-electron chi connectivity index (χ1n) is 10.3. The molecular weight excluding hydrogens is 435 g/mol. The van der Waals surface area contributed by atoms with Gasteiger partial charge in [-0.1, -0.05) is 13.8 Å². The number of alkyl halides is 3. The molecule has 0 N–H and O–H groups in total. The van der Waals surface area contributed by atoms with Crippen LogP contribution in [0, 0.1) is 11.8 Å². The third-order valence-corrected chi connectivity index (χ3v) is 7.52. The van der Waals surface area contributed by atoms with Crippen molar-refractivity contribution < 1.29 is 31.1 Å². The van der Waals surface area contributed by atoms with Crippen LogP contribution >= 0.6 is 0 Å². The molecular formula is C20H28F3N3O4S. The van der Waals surface area contributed by atoms with Crippen molar-refractivity contribution in [3.05, 3.63) is 24.3 Å². The SMILES string of the molecule is C[C@@H]1C[C@@H](C)CN(C(=O)CN2CCN(S(=O)(=O)c3ccc(OC(F)(F)F)cc3)CC2)C1. The van der Waals surface area contributed by atoms with E-state index in [1.165, 1.54) is 4.31 Å². The monoisotopic (exact) mass is 463 g/mol. The lowest BCUT2D eigenvalue weighted by atomic mass is 9.92. The number of piperazine rings is 1. The summed E-state index contributed by atoms with van der Waals surface area (Å²) in [5.41, 5.74) is 0. The van der Waals surface area contributed by atoms with Crippen molar-refractivity contribution in [3.8, 4) is 5.75 Å². The molecule has 31 heavy (non-hydrogen) atoms. The van der Waals surface area contributed by atoms with Crippen LogP contribution in [0.15, 0.2) is 29.2 Å². The fourth-order valence-corrected chi connectivity index (χ4v) is 5.67. The number of hydrogen-bond acceptors (Lipinski definition) is 5. The molecule has 3 rings (SSSR count). The van der Waals surface area contributed by atoms with Crippen LogP contribution in [-0.2, 0) is 14.8 Å². The number of nitrogens with zero attached hydrogens (tertiary/aromatic N) is 3. The van der Waals surface area contributed by atoms with Crippen molar-refractivity contribution >= 4 is 15.9 Å². The number of amides is 1. The minimum atomic E-state index is -4.83. The summed E-state index contributed by atoms with van der Waals surface area (Å²) < 4.78 is 67.5. The second kappa shape index (κ2) is 9.33. The van der Waals surface area contributed by atoms with Crippen LogP contribution in [0.5, 0.6) is 5.75 Å². The molecule has 1 amide bonds. The van der Waals surface area contributed by atoms with Crippen molar-refractivity contribution in [2.75, 3.05) is 45.8 Å². The standard InChI is InChI=1S/C20H28F3N3O4S/c1-15-11-16(2)13-25(12-15)19(27)14-24-7-9-26(10-8-24)31(28,29)18-5-3-17(4-6-18)30-20(21,22)23/h3-6,15-16H,7-14H2,1-2H3/t15-,16-/m1/s1. The number of carbonyl (C=O) groups is 1. The number of carbonyl (C=O) groups excluding carboxylic acids is 1. The molecule has 0 aliphatic carbocycles. The Morgan fingerprint density at radius 3 is 2.10 bits per heavy atom. The second-order valence-corrected chi connectivity index (χ2v) is 10.4. The fourth-order valence-electron chi connectivity index (χ4n) is 4.25. The van der Waals surface area contributed by atoms with Crippen molar-refractivity contribution in [2.24, 2.45) is 11.8 Å². The van der Waals surface area contributed by atoms with E-state index >= 15 is 0 Å². The molecule has 7 nitrogen and oxygen atoms in total. The summed E-state index contributed by atoms with van der Waals surface area (Å²) in [7, 11) is -3.83. The van der Waals surface area contributed by atoms with Crippen LogP contribution in [0.1, 0.15) is 20.3 Å². The second-order valence-electron chi connectivity index (χ2n) is 8.44. The molecule has 174 valence electrons. The highest BCUT2D eigenvalue weighted by atomic mass is 32.2. The predicted molar refractivity (Wildman–Crippen MR) is 108 cm³/mol. The van der Waals surface area contributed by atoms with Crippen LogP contribution in [0.2, 0.25) is 0 Å². The fraction of sp³-hybridized carbons (Fsp3) is 0.650. The third kappa shape index (κ3) is 6.33. The molecule has 2 aliphatic heterocycles. The van der Waals surface area contributed by atoms with Gasteiger partial charge in [-0.2, -0.15) is 4.31 Å². The Morgan fingerprint density at radius 1 is 1.03 bits per heavy atom. The molecule has 0 unspecified atom stereocenters. The van der Waals surface area contributed by atoms with Gasteiger partial charge in [0.05, 0.1) is 11.4 Å². The number of rotatable bonds is 5. The van der Waals surface area contributed by atoms with E-state index in [4.69, 9.17) is 0 Å². The van der Waals surface area contributed by atoms with Gasteiger partial charge >= 0.3 is 6.36 Å². The van der Waals surface area contributed by atoms with Gasteiger partial charge in [-0.25, -0.2) is 8.42 Å². The first kappa shape index (κ1) is 23.8. The molecule has 2 heterocycles. The Kier molecular flexibility index (Phi) is 7.17. The molecule has 0 bridgehead atoms. The minimum Gasteiger partial charge on any atom is -0.406 e. The zero-order chi connectivity index (χ0) is 22.8. The topological polar surface area (TPSA) is 70.2 Å². The summed E-state index contributed by atoms with van der Waals surface area (Å²) in [5.74, 6) is 0.538. The number of halogens is 3. The largest absolute Gasteiger partial charge is 0.573 e. The molecule has 0 radical (unpaired) electrons. The Labute approximate surface area is 180 Å². The summed E-state index contributed by atoms with van der Waals surface area (Å²) in [6.45, 7) is 7.31. The van der Waals surface area contributed by atoms with Crippen molar-refractivity contribution in [3.63, 3.8) is 0 Å². The van der Waals surface area contributed by atoms with Gasteiger partial charge in [0, 0.05) is 39.3 Å². The number of benzene rings is 1. The van der Waals surface area contributed by atoms with Gasteiger partial charge in [0.15, 0.2) is 0 Å². The molecule has 2 saturated heterocycles. The number of ether oxygens (including phenoxy) is 1. The normalized spacial score (nSPS) is 24.2. The molecule has 2 fully saturated rings. The van der Waals surface area contributed by atoms with Crippen LogP contribution in [0.4, 0.5) is 13.2 Å². The zero-order valence-corrected chi connectivity index (χ0v) is 18.5. The van der Waals surface area contributed by atoms with Gasteiger partial charge in [-0.05, 0) is 42.5 Å². The maximum absolute atomic E-state index is 12.8. The van der Waals surface area contributed by atoms with Crippen molar-refractivity contribution in [1.29, 1.82) is 0 Å². The zero-order valence-electron chi connectivity index (χ0n) is 17.6. The van der Waals surface area contributed by atoms with Crippen molar-refractivity contribution in [2.45, 2.75) is 31.5 Å². The van der Waals surface area contributed by atoms with Gasteiger partial charge in [0.25, 0.3) is 0 Å². The maximum atomic E-state index is 12.8. The summed E-state index contributed by atoms with van der Waals surface area (Å²) in [6.07, 6.45) is -3.72. The molecule has 0 aromatic heterocycles. The van der Waals surface area contributed by atoms with Gasteiger partial charge in [0.1, 0.15) is 5.75 Å². The number of sulfonamides is 1. The summed E-state index contributed by atoms with van der Waals surface area (Å²) in [5, 5.41) is 0. The Morgan fingerprint density at radius 2 is 1.58 bits per heavy atom. The lowest BCUT2D eigenvalue weighted by molar-refractivity contribution is -0.274. The molecule has 2 aliphatic rings. The maximum Gasteiger partial charge on any atom is 0.573 e. The van der Waals surface area contributed by atoms with Gasteiger partial charge in [0.2, 0.25) is 15.9 Å². The highest BCUT2D eigenvalue weighted by molar-refractivity contribution is 7.89. The first-order chi connectivity index (χ1) is 14.4. The first-order valence-corrected chi connectivity index (χ1v) is 11.7. The minimum absolute atomic E-state index is 0.0648. The highest BCUT2D eigenvalue weighted by Crippen LogP contribution is 2.26. The summed E-state index contributed by atoms with van der Waals surface area (Å²) >= 11 is 0. The van der Waals surface area contributed by atoms with E-state index in [2.05, 4.69) is 18.6 Å². The predicted octanol–water partition coefficient (Wildman–Crippen LogP) is 2.40. The average Bonchev–Trinajstić information content (AvgIpc) is 2.67. The third-order valence-electron chi connectivity index (χ3n) is 5.61. The highest BCUT2D eigenvalue weighted by Gasteiger charge is 2.33. The lowest BCUT2D eigenvalue weighted by Crippen LogP contribution is -2.52. The van der Waals surface area contributed by atoms with Gasteiger partial charge in [-0.3, -0.25) is 9.69 Å². The average molecular weight is 464 g/mol. The Bertz CT molecular complexity index is 859. The molecule has 1 aromatic rings. The van der Waals surface area contributed by atoms with Crippen LogP contribution in [0.25, 0.3) is 0 Å². The lowest BCUT2D eigenvalue weighted by Gasteiger charge is -2.38. The van der Waals surface area contributed by atoms with E-state index < -0.39 is 22.1 Å². The van der Waals surface area contributed by atoms with Crippen molar-refractivity contribution in [1.82, 2.24) is 14.1 Å². The summed E-state index contributed by atoms with van der Waals surface area (Å²) in [4.78, 5) is 16.4. The van der Waals surface area contributed by atoms with Gasteiger partial charge in [-0.15, -0.1) is 13.2 Å². The van der Waals surface area contributed by atoms with E-state index in [0.717, 1.165) is 43.8 Å². The molecule has 11 heteroatoms. The molecule has 2 atom stereocenters. The van der Waals surface area contributed by atoms with Crippen LogP contribution in [-0.4, -0.2) is 80.6 Å². The number of likely N-dealkylation sites (tertiary alicyclic amines) is 1. The number of hydrogen-bond donors (Lipinski definition) is 0.